The van der Waals surface area contributed by atoms with E-state index in [0.717, 1.165) is 18.6 Å². The fourth-order valence-electron chi connectivity index (χ4n) is 2.89. The maximum absolute atomic E-state index is 12.1. The fraction of sp³-hybridized carbons (Fsp3) is 0.533. The van der Waals surface area contributed by atoms with Crippen LogP contribution < -0.4 is 5.32 Å². The Bertz CT molecular complexity index is 725. The van der Waals surface area contributed by atoms with Crippen LogP contribution in [0.4, 0.5) is 5.69 Å². The van der Waals surface area contributed by atoms with Crippen LogP contribution in [0.3, 0.4) is 0 Å². The molecule has 7 nitrogen and oxygen atoms in total. The van der Waals surface area contributed by atoms with E-state index in [1.807, 2.05) is 0 Å². The number of nitro groups is 1. The van der Waals surface area contributed by atoms with Gasteiger partial charge in [-0.1, -0.05) is 0 Å². The normalized spacial score (nSPS) is 23.3. The van der Waals surface area contributed by atoms with E-state index in [-0.39, 0.29) is 34.7 Å². The Morgan fingerprint density at radius 1 is 1.26 bits per heavy atom. The van der Waals surface area contributed by atoms with Gasteiger partial charge in [-0.3, -0.25) is 14.9 Å². The second kappa shape index (κ2) is 5.92. The largest absolute Gasteiger partial charge is 0.355 e. The number of nitrogens with zero attached hydrogens (tertiary/aromatic N) is 1. The minimum Gasteiger partial charge on any atom is -0.355 e. The summed E-state index contributed by atoms with van der Waals surface area (Å²) in [6.45, 7) is 0.0615. The van der Waals surface area contributed by atoms with Crippen LogP contribution >= 0.6 is 0 Å². The maximum atomic E-state index is 12.1. The Labute approximate surface area is 134 Å². The molecule has 1 amide bonds. The minimum absolute atomic E-state index is 0.0274. The van der Waals surface area contributed by atoms with Crippen LogP contribution in [-0.4, -0.2) is 31.5 Å². The van der Waals surface area contributed by atoms with Gasteiger partial charge in [0, 0.05) is 24.6 Å². The van der Waals surface area contributed by atoms with Crippen LogP contribution in [0.25, 0.3) is 0 Å². The number of non-ortho nitro benzene ring substituents is 1. The number of sulfone groups is 1. The number of benzene rings is 1. The molecule has 124 valence electrons. The highest BCUT2D eigenvalue weighted by atomic mass is 32.2. The van der Waals surface area contributed by atoms with Gasteiger partial charge in [0.15, 0.2) is 9.84 Å². The van der Waals surface area contributed by atoms with E-state index in [4.69, 9.17) is 0 Å². The van der Waals surface area contributed by atoms with Crippen LogP contribution in [0.15, 0.2) is 29.2 Å². The van der Waals surface area contributed by atoms with Gasteiger partial charge in [-0.15, -0.1) is 0 Å². The number of nitrogens with one attached hydrogen (secondary N) is 1. The fourth-order valence-corrected chi connectivity index (χ4v) is 4.05. The number of amides is 1. The van der Waals surface area contributed by atoms with E-state index in [0.29, 0.717) is 11.8 Å². The van der Waals surface area contributed by atoms with Gasteiger partial charge in [0.2, 0.25) is 5.91 Å². The second-order valence-corrected chi connectivity index (χ2v) is 8.31. The SMILES string of the molecule is O=C(NCCS(=O)(=O)c1ccc([N+](=O)[O-])cc1)[C@@H]1C[C@@H]1C1CC1. The first-order valence-electron chi connectivity index (χ1n) is 7.63. The van der Waals surface area contributed by atoms with Crippen molar-refractivity contribution < 1.29 is 18.1 Å². The van der Waals surface area contributed by atoms with E-state index in [1.165, 1.54) is 25.0 Å². The summed E-state index contributed by atoms with van der Waals surface area (Å²) >= 11 is 0. The zero-order valence-electron chi connectivity index (χ0n) is 12.5. The third-order valence-electron chi connectivity index (χ3n) is 4.48. The van der Waals surface area contributed by atoms with Gasteiger partial charge in [-0.05, 0) is 43.2 Å². The molecule has 1 N–H and O–H groups in total. The summed E-state index contributed by atoms with van der Waals surface area (Å²) < 4.78 is 24.3. The predicted octanol–water partition coefficient (Wildman–Crippen LogP) is 1.53. The molecule has 2 fully saturated rings. The Kier molecular flexibility index (Phi) is 4.09. The number of carbonyl (C=O) groups excluding carboxylic acids is 1. The maximum Gasteiger partial charge on any atom is 0.269 e. The van der Waals surface area contributed by atoms with Gasteiger partial charge < -0.3 is 5.32 Å². The first kappa shape index (κ1) is 15.9. The standard InChI is InChI=1S/C15H18N2O5S/c18-15(14-9-13(14)10-1-2-10)16-7-8-23(21,22)12-5-3-11(4-6-12)17(19)20/h3-6,10,13-14H,1-2,7-9H2,(H,16,18)/t13-,14-/m1/s1. The highest BCUT2D eigenvalue weighted by Crippen LogP contribution is 2.54. The molecule has 2 aliphatic rings. The number of rotatable bonds is 7. The van der Waals surface area contributed by atoms with E-state index < -0.39 is 14.8 Å². The molecule has 2 saturated carbocycles. The summed E-state index contributed by atoms with van der Waals surface area (Å²) in [5.74, 6) is 0.999. The molecule has 0 spiro atoms. The van der Waals surface area contributed by atoms with Gasteiger partial charge >= 0.3 is 0 Å². The molecule has 0 aromatic heterocycles. The Morgan fingerprint density at radius 3 is 2.48 bits per heavy atom. The molecule has 3 rings (SSSR count). The van der Waals surface area contributed by atoms with E-state index >= 15 is 0 Å². The molecule has 0 heterocycles. The van der Waals surface area contributed by atoms with Gasteiger partial charge in [-0.25, -0.2) is 8.42 Å². The lowest BCUT2D eigenvalue weighted by Gasteiger charge is -2.06. The highest BCUT2D eigenvalue weighted by molar-refractivity contribution is 7.91. The summed E-state index contributed by atoms with van der Waals surface area (Å²) in [7, 11) is -3.56. The summed E-state index contributed by atoms with van der Waals surface area (Å²) in [4.78, 5) is 21.9. The quantitative estimate of drug-likeness (QED) is 0.599. The van der Waals surface area contributed by atoms with Crippen molar-refractivity contribution in [1.29, 1.82) is 0 Å². The summed E-state index contributed by atoms with van der Waals surface area (Å²) in [5, 5.41) is 13.3. The van der Waals surface area contributed by atoms with Gasteiger partial charge in [-0.2, -0.15) is 0 Å². The molecule has 2 aliphatic carbocycles. The molecule has 23 heavy (non-hydrogen) atoms. The molecule has 0 unspecified atom stereocenters. The average Bonchev–Trinajstić information content (AvgIpc) is 3.38. The van der Waals surface area contributed by atoms with E-state index in [1.54, 1.807) is 0 Å². The van der Waals surface area contributed by atoms with Crippen LogP contribution in [0, 0.1) is 27.9 Å². The molecule has 8 heteroatoms. The van der Waals surface area contributed by atoms with Crippen molar-refractivity contribution in [2.45, 2.75) is 24.2 Å². The molecule has 0 aliphatic heterocycles. The molecule has 0 bridgehead atoms. The predicted molar refractivity (Wildman–Crippen MR) is 82.5 cm³/mol. The third-order valence-corrected chi connectivity index (χ3v) is 6.21. The summed E-state index contributed by atoms with van der Waals surface area (Å²) in [5.41, 5.74) is -0.155. The lowest BCUT2D eigenvalue weighted by Crippen LogP contribution is -2.30. The lowest BCUT2D eigenvalue weighted by atomic mass is 10.2. The van der Waals surface area contributed by atoms with Crippen molar-refractivity contribution >= 4 is 21.4 Å². The first-order chi connectivity index (χ1) is 10.9. The number of hydrogen-bond donors (Lipinski definition) is 1. The van der Waals surface area contributed by atoms with Crippen molar-refractivity contribution in [1.82, 2.24) is 5.32 Å². The molecule has 2 atom stereocenters. The highest BCUT2D eigenvalue weighted by Gasteiger charge is 2.50. The van der Waals surface area contributed by atoms with Crippen molar-refractivity contribution in [3.05, 3.63) is 34.4 Å². The van der Waals surface area contributed by atoms with Crippen LogP contribution in [-0.2, 0) is 14.6 Å². The minimum atomic E-state index is -3.56. The van der Waals surface area contributed by atoms with Crippen molar-refractivity contribution in [2.24, 2.45) is 17.8 Å². The molecule has 1 aromatic rings. The average molecular weight is 338 g/mol. The number of carbonyl (C=O) groups is 1. The zero-order chi connectivity index (χ0) is 16.6. The van der Waals surface area contributed by atoms with Gasteiger partial charge in [0.1, 0.15) is 0 Å². The molecule has 1 aromatic carbocycles. The zero-order valence-corrected chi connectivity index (χ0v) is 13.3. The lowest BCUT2D eigenvalue weighted by molar-refractivity contribution is -0.384. The Hall–Kier alpha value is -1.96. The molecule has 0 saturated heterocycles. The van der Waals surface area contributed by atoms with Gasteiger partial charge in [0.25, 0.3) is 5.69 Å². The van der Waals surface area contributed by atoms with Crippen molar-refractivity contribution in [3.8, 4) is 0 Å². The molecular weight excluding hydrogens is 320 g/mol. The second-order valence-electron chi connectivity index (χ2n) is 6.20. The van der Waals surface area contributed by atoms with Crippen LogP contribution in [0.5, 0.6) is 0 Å². The Morgan fingerprint density at radius 2 is 1.91 bits per heavy atom. The third kappa shape index (κ3) is 3.69. The van der Waals surface area contributed by atoms with E-state index in [2.05, 4.69) is 5.32 Å². The Balaban J connectivity index is 1.50. The topological polar surface area (TPSA) is 106 Å². The summed E-state index contributed by atoms with van der Waals surface area (Å²) in [6, 6.07) is 4.77. The van der Waals surface area contributed by atoms with Crippen LogP contribution in [0.1, 0.15) is 19.3 Å². The van der Waals surface area contributed by atoms with Crippen molar-refractivity contribution in [2.75, 3.05) is 12.3 Å². The number of hydrogen-bond acceptors (Lipinski definition) is 5. The van der Waals surface area contributed by atoms with Crippen LogP contribution in [0.2, 0.25) is 0 Å². The molecular formula is C15H18N2O5S. The van der Waals surface area contributed by atoms with Gasteiger partial charge in [0.05, 0.1) is 15.6 Å². The smallest absolute Gasteiger partial charge is 0.269 e. The van der Waals surface area contributed by atoms with E-state index in [9.17, 15) is 23.3 Å². The first-order valence-corrected chi connectivity index (χ1v) is 9.28. The summed E-state index contributed by atoms with van der Waals surface area (Å²) in [6.07, 6.45) is 3.34. The van der Waals surface area contributed by atoms with Crippen molar-refractivity contribution in [3.63, 3.8) is 0 Å². The number of nitro benzene ring substituents is 1. The molecule has 0 radical (unpaired) electrons. The monoisotopic (exact) mass is 338 g/mol.